The molecular weight excluding hydrogens is 320 g/mol. The number of rotatable bonds is 1. The van der Waals surface area contributed by atoms with Gasteiger partial charge < -0.3 is 9.64 Å². The third-order valence-electron chi connectivity index (χ3n) is 4.26. The largest absolute Gasteiger partial charge is 0.375 e. The van der Waals surface area contributed by atoms with Crippen molar-refractivity contribution in [3.63, 3.8) is 0 Å². The summed E-state index contributed by atoms with van der Waals surface area (Å²) in [5, 5.41) is 8.90. The molecule has 2 fully saturated rings. The van der Waals surface area contributed by atoms with Crippen molar-refractivity contribution in [2.45, 2.75) is 24.9 Å². The van der Waals surface area contributed by atoms with Crippen LogP contribution in [0.1, 0.15) is 35.2 Å². The van der Waals surface area contributed by atoms with Crippen LogP contribution in [0.25, 0.3) is 0 Å². The molecule has 5 heteroatoms. The molecule has 1 amide bonds. The Balaban J connectivity index is 1.70. The van der Waals surface area contributed by atoms with Crippen LogP contribution in [-0.4, -0.2) is 36.1 Å². The second-order valence-corrected chi connectivity index (χ2v) is 6.23. The Bertz CT molecular complexity index is 580. The molecule has 2 heterocycles. The maximum Gasteiger partial charge on any atom is 0.253 e. The second-order valence-electron chi connectivity index (χ2n) is 5.38. The van der Waals surface area contributed by atoms with Crippen LogP contribution in [0.15, 0.2) is 22.7 Å². The van der Waals surface area contributed by atoms with E-state index >= 15 is 0 Å². The lowest BCUT2D eigenvalue weighted by atomic mass is 9.84. The lowest BCUT2D eigenvalue weighted by Crippen LogP contribution is -2.53. The molecule has 0 radical (unpaired) electrons. The van der Waals surface area contributed by atoms with Crippen molar-refractivity contribution in [2.24, 2.45) is 0 Å². The van der Waals surface area contributed by atoms with E-state index in [-0.39, 0.29) is 11.5 Å². The van der Waals surface area contributed by atoms with Crippen LogP contribution >= 0.6 is 15.9 Å². The van der Waals surface area contributed by atoms with E-state index in [2.05, 4.69) is 22.0 Å². The molecule has 1 aromatic carbocycles. The zero-order valence-electron chi connectivity index (χ0n) is 11.1. The molecule has 4 nitrogen and oxygen atoms in total. The standard InChI is InChI=1S/C15H15BrN2O2/c16-13-9-11(1-2-12(13)10-17)14(19)18-6-3-15(4-7-18)5-8-20-15/h1-2,9H,3-8H2. The summed E-state index contributed by atoms with van der Waals surface area (Å²) in [5.41, 5.74) is 1.23. The average Bonchev–Trinajstić information content (AvgIpc) is 2.45. The lowest BCUT2D eigenvalue weighted by Gasteiger charge is -2.47. The summed E-state index contributed by atoms with van der Waals surface area (Å²) in [6.45, 7) is 2.35. The van der Waals surface area contributed by atoms with E-state index in [9.17, 15) is 4.79 Å². The first kappa shape index (κ1) is 13.6. The Labute approximate surface area is 126 Å². The summed E-state index contributed by atoms with van der Waals surface area (Å²) in [7, 11) is 0. The van der Waals surface area contributed by atoms with E-state index in [0.717, 1.165) is 39.0 Å². The molecule has 0 N–H and O–H groups in total. The van der Waals surface area contributed by atoms with Gasteiger partial charge in [0.15, 0.2) is 0 Å². The summed E-state index contributed by atoms with van der Waals surface area (Å²) < 4.78 is 6.33. The zero-order chi connectivity index (χ0) is 14.2. The van der Waals surface area contributed by atoms with Crippen molar-refractivity contribution >= 4 is 21.8 Å². The Morgan fingerprint density at radius 3 is 2.55 bits per heavy atom. The first-order chi connectivity index (χ1) is 9.63. The normalized spacial score (nSPS) is 20.3. The number of hydrogen-bond acceptors (Lipinski definition) is 3. The van der Waals surface area contributed by atoms with Crippen LogP contribution < -0.4 is 0 Å². The highest BCUT2D eigenvalue weighted by Gasteiger charge is 2.41. The third-order valence-corrected chi connectivity index (χ3v) is 4.92. The fourth-order valence-electron chi connectivity index (χ4n) is 2.82. The van der Waals surface area contributed by atoms with Gasteiger partial charge >= 0.3 is 0 Å². The van der Waals surface area contributed by atoms with Gasteiger partial charge in [-0.1, -0.05) is 0 Å². The molecule has 20 heavy (non-hydrogen) atoms. The predicted molar refractivity (Wildman–Crippen MR) is 77.3 cm³/mol. The van der Waals surface area contributed by atoms with Crippen molar-refractivity contribution in [3.05, 3.63) is 33.8 Å². The molecule has 0 saturated carbocycles. The number of nitrogens with zero attached hydrogens (tertiary/aromatic N) is 2. The highest BCUT2D eigenvalue weighted by atomic mass is 79.9. The molecule has 1 aromatic rings. The van der Waals surface area contributed by atoms with Gasteiger partial charge in [0.05, 0.1) is 17.8 Å². The topological polar surface area (TPSA) is 53.3 Å². The number of ether oxygens (including phenoxy) is 1. The van der Waals surface area contributed by atoms with E-state index in [0.29, 0.717) is 15.6 Å². The van der Waals surface area contributed by atoms with E-state index < -0.39 is 0 Å². The van der Waals surface area contributed by atoms with Crippen LogP contribution in [0.4, 0.5) is 0 Å². The Hall–Kier alpha value is -1.38. The highest BCUT2D eigenvalue weighted by Crippen LogP contribution is 2.37. The average molecular weight is 335 g/mol. The van der Waals surface area contributed by atoms with Crippen LogP contribution in [0, 0.1) is 11.3 Å². The molecule has 104 valence electrons. The van der Waals surface area contributed by atoms with Gasteiger partial charge in [-0.15, -0.1) is 0 Å². The molecule has 2 aliphatic rings. The van der Waals surface area contributed by atoms with Gasteiger partial charge in [0, 0.05) is 23.1 Å². The van der Waals surface area contributed by atoms with E-state index in [1.54, 1.807) is 18.2 Å². The quantitative estimate of drug-likeness (QED) is 0.793. The van der Waals surface area contributed by atoms with Gasteiger partial charge in [0.25, 0.3) is 5.91 Å². The number of amides is 1. The number of carbonyl (C=O) groups is 1. The van der Waals surface area contributed by atoms with Crippen molar-refractivity contribution in [2.75, 3.05) is 19.7 Å². The molecule has 3 rings (SSSR count). The van der Waals surface area contributed by atoms with Crippen molar-refractivity contribution in [1.29, 1.82) is 5.26 Å². The number of halogens is 1. The van der Waals surface area contributed by atoms with Crippen molar-refractivity contribution < 1.29 is 9.53 Å². The fraction of sp³-hybridized carbons (Fsp3) is 0.467. The molecular formula is C15H15BrN2O2. The van der Waals surface area contributed by atoms with Gasteiger partial charge in [0.2, 0.25) is 0 Å². The summed E-state index contributed by atoms with van der Waals surface area (Å²) in [4.78, 5) is 14.3. The monoisotopic (exact) mass is 334 g/mol. The second kappa shape index (κ2) is 5.19. The first-order valence-corrected chi connectivity index (χ1v) is 7.56. The molecule has 0 unspecified atom stereocenters. The van der Waals surface area contributed by atoms with E-state index in [1.165, 1.54) is 0 Å². The first-order valence-electron chi connectivity index (χ1n) is 6.76. The number of likely N-dealkylation sites (tertiary alicyclic amines) is 1. The Morgan fingerprint density at radius 2 is 2.05 bits per heavy atom. The lowest BCUT2D eigenvalue weighted by molar-refractivity contribution is -0.169. The van der Waals surface area contributed by atoms with Crippen LogP contribution in [-0.2, 0) is 4.74 Å². The Kier molecular flexibility index (Phi) is 3.53. The maximum atomic E-state index is 12.5. The molecule has 0 atom stereocenters. The molecule has 0 aromatic heterocycles. The summed E-state index contributed by atoms with van der Waals surface area (Å²) in [6.07, 6.45) is 2.98. The SMILES string of the molecule is N#Cc1ccc(C(=O)N2CCC3(CCO3)CC2)cc1Br. The minimum Gasteiger partial charge on any atom is -0.375 e. The Morgan fingerprint density at radius 1 is 1.35 bits per heavy atom. The number of benzene rings is 1. The summed E-state index contributed by atoms with van der Waals surface area (Å²) >= 11 is 3.32. The predicted octanol–water partition coefficient (Wildman–Crippen LogP) is 2.72. The van der Waals surface area contributed by atoms with Gasteiger partial charge in [-0.3, -0.25) is 4.79 Å². The smallest absolute Gasteiger partial charge is 0.253 e. The molecule has 2 aliphatic heterocycles. The highest BCUT2D eigenvalue weighted by molar-refractivity contribution is 9.10. The van der Waals surface area contributed by atoms with Crippen LogP contribution in [0.3, 0.4) is 0 Å². The van der Waals surface area contributed by atoms with E-state index in [4.69, 9.17) is 10.00 Å². The number of piperidine rings is 1. The molecule has 0 bridgehead atoms. The number of nitriles is 1. The zero-order valence-corrected chi connectivity index (χ0v) is 12.6. The van der Waals surface area contributed by atoms with Crippen molar-refractivity contribution in [1.82, 2.24) is 4.90 Å². The molecule has 0 aliphatic carbocycles. The fourth-order valence-corrected chi connectivity index (χ4v) is 3.29. The van der Waals surface area contributed by atoms with Gasteiger partial charge in [-0.2, -0.15) is 5.26 Å². The minimum absolute atomic E-state index is 0.0318. The third kappa shape index (κ3) is 2.34. The van der Waals surface area contributed by atoms with Gasteiger partial charge in [-0.05, 0) is 53.4 Å². The van der Waals surface area contributed by atoms with Gasteiger partial charge in [-0.25, -0.2) is 0 Å². The molecule has 2 saturated heterocycles. The minimum atomic E-state index is 0.0318. The molecule has 1 spiro atoms. The summed E-state index contributed by atoms with van der Waals surface area (Å²) in [5.74, 6) is 0.0318. The van der Waals surface area contributed by atoms with E-state index in [1.807, 2.05) is 4.90 Å². The van der Waals surface area contributed by atoms with Crippen molar-refractivity contribution in [3.8, 4) is 6.07 Å². The summed E-state index contributed by atoms with van der Waals surface area (Å²) in [6, 6.07) is 7.20. The van der Waals surface area contributed by atoms with Gasteiger partial charge in [0.1, 0.15) is 6.07 Å². The number of carbonyl (C=O) groups excluding carboxylic acids is 1. The van der Waals surface area contributed by atoms with Crippen LogP contribution in [0.2, 0.25) is 0 Å². The number of hydrogen-bond donors (Lipinski definition) is 0. The van der Waals surface area contributed by atoms with Crippen LogP contribution in [0.5, 0.6) is 0 Å². The maximum absolute atomic E-state index is 12.5.